The molecule has 8 heteroatoms. The zero-order chi connectivity index (χ0) is 20.6. The molecular weight excluding hydrogens is 358 g/mol. The van der Waals surface area contributed by atoms with E-state index in [0.29, 0.717) is 11.3 Å². The molecule has 0 bridgehead atoms. The molecule has 0 saturated heterocycles. The van der Waals surface area contributed by atoms with E-state index in [1.165, 1.54) is 6.07 Å². The average molecular weight is 385 g/mol. The molecule has 0 aliphatic heterocycles. The second kappa shape index (κ2) is 7.26. The monoisotopic (exact) mass is 385 g/mol. The molecule has 150 valence electrons. The first-order valence-electron chi connectivity index (χ1n) is 9.48. The summed E-state index contributed by atoms with van der Waals surface area (Å²) >= 11 is 0. The van der Waals surface area contributed by atoms with Crippen LogP contribution in [0.15, 0.2) is 24.4 Å². The third-order valence-electron chi connectivity index (χ3n) is 4.83. The van der Waals surface area contributed by atoms with Crippen LogP contribution >= 0.6 is 0 Å². The van der Waals surface area contributed by atoms with Crippen LogP contribution in [0.5, 0.6) is 0 Å². The smallest absolute Gasteiger partial charge is 0.293 e. The van der Waals surface area contributed by atoms with Crippen LogP contribution in [-0.4, -0.2) is 26.7 Å². The molecule has 1 atom stereocenters. The summed E-state index contributed by atoms with van der Waals surface area (Å²) in [5.74, 6) is -0.271. The summed E-state index contributed by atoms with van der Waals surface area (Å²) in [7, 11) is 0. The number of rotatable bonds is 6. The maximum Gasteiger partial charge on any atom is 0.293 e. The van der Waals surface area contributed by atoms with Crippen LogP contribution in [-0.2, 0) is 5.54 Å². The predicted molar refractivity (Wildman–Crippen MR) is 108 cm³/mol. The molecule has 0 spiro atoms. The number of anilines is 1. The lowest BCUT2D eigenvalue weighted by Gasteiger charge is -2.19. The molecule has 1 aliphatic rings. The highest BCUT2D eigenvalue weighted by Crippen LogP contribution is 2.31. The summed E-state index contributed by atoms with van der Waals surface area (Å²) in [6.07, 6.45) is 3.90. The first kappa shape index (κ1) is 19.9. The molecule has 1 amide bonds. The largest absolute Gasteiger partial charge is 0.373 e. The number of hydrogen-bond donors (Lipinski definition) is 2. The Labute approximate surface area is 164 Å². The fraction of sp³-hybridized carbons (Fsp3) is 0.500. The lowest BCUT2D eigenvalue weighted by Crippen LogP contribution is -2.25. The predicted octanol–water partition coefficient (Wildman–Crippen LogP) is 3.92. The van der Waals surface area contributed by atoms with Crippen molar-refractivity contribution < 1.29 is 9.72 Å². The molecule has 3 rings (SSSR count). The molecule has 8 nitrogen and oxygen atoms in total. The minimum Gasteiger partial charge on any atom is -0.373 e. The van der Waals surface area contributed by atoms with Crippen molar-refractivity contribution in [1.82, 2.24) is 15.1 Å². The number of nitro groups is 1. The Morgan fingerprint density at radius 3 is 2.57 bits per heavy atom. The SMILES string of the molecule is Cc1nn(C(C)(C)C)cc1C(C)Nc1ccc(C(=O)NC2CC2)cc1[N+](=O)[O-]. The summed E-state index contributed by atoms with van der Waals surface area (Å²) < 4.78 is 1.90. The first-order valence-corrected chi connectivity index (χ1v) is 9.48. The third-order valence-corrected chi connectivity index (χ3v) is 4.83. The van der Waals surface area contributed by atoms with Gasteiger partial charge in [-0.05, 0) is 59.6 Å². The Morgan fingerprint density at radius 1 is 1.36 bits per heavy atom. The van der Waals surface area contributed by atoms with Crippen molar-refractivity contribution in [2.24, 2.45) is 0 Å². The van der Waals surface area contributed by atoms with Crippen LogP contribution in [0.3, 0.4) is 0 Å². The number of hydrogen-bond acceptors (Lipinski definition) is 5. The van der Waals surface area contributed by atoms with Gasteiger partial charge in [-0.2, -0.15) is 5.10 Å². The second-order valence-corrected chi connectivity index (χ2v) is 8.39. The van der Waals surface area contributed by atoms with E-state index in [-0.39, 0.29) is 29.2 Å². The van der Waals surface area contributed by atoms with Crippen molar-refractivity contribution in [3.63, 3.8) is 0 Å². The van der Waals surface area contributed by atoms with Crippen LogP contribution in [0.25, 0.3) is 0 Å². The Bertz CT molecular complexity index is 909. The van der Waals surface area contributed by atoms with Crippen LogP contribution in [0.1, 0.15) is 68.2 Å². The molecule has 1 unspecified atom stereocenters. The van der Waals surface area contributed by atoms with E-state index in [9.17, 15) is 14.9 Å². The van der Waals surface area contributed by atoms with Crippen molar-refractivity contribution >= 4 is 17.3 Å². The Hall–Kier alpha value is -2.90. The normalized spacial score (nSPS) is 15.2. The van der Waals surface area contributed by atoms with Gasteiger partial charge in [0.2, 0.25) is 0 Å². The van der Waals surface area contributed by atoms with Gasteiger partial charge in [0.25, 0.3) is 11.6 Å². The van der Waals surface area contributed by atoms with Gasteiger partial charge in [0.05, 0.1) is 22.2 Å². The summed E-state index contributed by atoms with van der Waals surface area (Å²) in [6, 6.07) is 4.57. The second-order valence-electron chi connectivity index (χ2n) is 8.39. The number of benzene rings is 1. The molecular formula is C20H27N5O3. The Balaban J connectivity index is 1.83. The number of aryl methyl sites for hydroxylation is 1. The molecule has 2 aromatic rings. The van der Waals surface area contributed by atoms with Gasteiger partial charge >= 0.3 is 0 Å². The molecule has 1 heterocycles. The van der Waals surface area contributed by atoms with Gasteiger partial charge in [-0.15, -0.1) is 0 Å². The van der Waals surface area contributed by atoms with Gasteiger partial charge in [-0.25, -0.2) is 0 Å². The molecule has 0 radical (unpaired) electrons. The third kappa shape index (κ3) is 4.32. The van der Waals surface area contributed by atoms with E-state index in [1.807, 2.05) is 24.7 Å². The van der Waals surface area contributed by atoms with Crippen molar-refractivity contribution in [3.05, 3.63) is 51.3 Å². The molecule has 2 N–H and O–H groups in total. The molecule has 1 aromatic heterocycles. The van der Waals surface area contributed by atoms with Crippen LogP contribution in [0, 0.1) is 17.0 Å². The van der Waals surface area contributed by atoms with Crippen LogP contribution < -0.4 is 10.6 Å². The number of carbonyl (C=O) groups is 1. The molecule has 1 fully saturated rings. The fourth-order valence-corrected chi connectivity index (χ4v) is 3.00. The number of nitrogens with one attached hydrogen (secondary N) is 2. The van der Waals surface area contributed by atoms with E-state index in [2.05, 4.69) is 36.5 Å². The highest BCUT2D eigenvalue weighted by molar-refractivity contribution is 5.96. The Morgan fingerprint density at radius 2 is 2.04 bits per heavy atom. The molecule has 1 saturated carbocycles. The topological polar surface area (TPSA) is 102 Å². The summed E-state index contributed by atoms with van der Waals surface area (Å²) in [5, 5.41) is 22.2. The average Bonchev–Trinajstić information content (AvgIpc) is 3.32. The van der Waals surface area contributed by atoms with E-state index in [1.54, 1.807) is 12.1 Å². The number of carbonyl (C=O) groups excluding carboxylic acids is 1. The van der Waals surface area contributed by atoms with Gasteiger partial charge in [0, 0.05) is 29.4 Å². The lowest BCUT2D eigenvalue weighted by molar-refractivity contribution is -0.384. The van der Waals surface area contributed by atoms with Crippen molar-refractivity contribution in [2.75, 3.05) is 5.32 Å². The molecule has 1 aliphatic carbocycles. The van der Waals surface area contributed by atoms with Gasteiger partial charge in [0.1, 0.15) is 5.69 Å². The van der Waals surface area contributed by atoms with E-state index in [0.717, 1.165) is 24.1 Å². The summed E-state index contributed by atoms with van der Waals surface area (Å²) in [5.41, 5.74) is 2.26. The summed E-state index contributed by atoms with van der Waals surface area (Å²) in [6.45, 7) is 10.1. The van der Waals surface area contributed by atoms with Gasteiger partial charge in [-0.3, -0.25) is 19.6 Å². The minimum absolute atomic E-state index is 0.115. The highest BCUT2D eigenvalue weighted by Gasteiger charge is 2.26. The highest BCUT2D eigenvalue weighted by atomic mass is 16.6. The van der Waals surface area contributed by atoms with Crippen LogP contribution in [0.2, 0.25) is 0 Å². The number of amides is 1. The van der Waals surface area contributed by atoms with Crippen LogP contribution in [0.4, 0.5) is 11.4 Å². The van der Waals surface area contributed by atoms with Crippen molar-refractivity contribution in [2.45, 2.75) is 65.1 Å². The van der Waals surface area contributed by atoms with Gasteiger partial charge < -0.3 is 10.6 Å². The quantitative estimate of drug-likeness (QED) is 0.579. The lowest BCUT2D eigenvalue weighted by atomic mass is 10.1. The van der Waals surface area contributed by atoms with Crippen molar-refractivity contribution in [3.8, 4) is 0 Å². The number of nitrogens with zero attached hydrogens (tertiary/aromatic N) is 3. The maximum absolute atomic E-state index is 12.2. The first-order chi connectivity index (χ1) is 13.1. The van der Waals surface area contributed by atoms with E-state index in [4.69, 9.17) is 0 Å². The van der Waals surface area contributed by atoms with Gasteiger partial charge in [0.15, 0.2) is 0 Å². The zero-order valence-electron chi connectivity index (χ0n) is 16.9. The zero-order valence-corrected chi connectivity index (χ0v) is 16.9. The van der Waals surface area contributed by atoms with E-state index < -0.39 is 4.92 Å². The minimum atomic E-state index is -0.464. The fourth-order valence-electron chi connectivity index (χ4n) is 3.00. The molecule has 1 aromatic carbocycles. The standard InChI is InChI=1S/C20H27N5O3/c1-12(16-11-24(20(3,4)5)23-13(16)2)21-17-9-6-14(10-18(17)25(27)28)19(26)22-15-7-8-15/h6,9-12,15,21H,7-8H2,1-5H3,(H,22,26). The number of nitro benzene ring substituents is 1. The van der Waals surface area contributed by atoms with Gasteiger partial charge in [-0.1, -0.05) is 0 Å². The number of aromatic nitrogens is 2. The summed E-state index contributed by atoms with van der Waals surface area (Å²) in [4.78, 5) is 23.3. The molecule has 28 heavy (non-hydrogen) atoms. The van der Waals surface area contributed by atoms with Crippen molar-refractivity contribution in [1.29, 1.82) is 0 Å². The maximum atomic E-state index is 12.2. The Kier molecular flexibility index (Phi) is 5.14. The van der Waals surface area contributed by atoms with E-state index >= 15 is 0 Å².